The number of halogens is 4. The zero-order valence-corrected chi connectivity index (χ0v) is 11.1. The smallest absolute Gasteiger partial charge is 0.496 e. The highest BCUT2D eigenvalue weighted by Gasteiger charge is 2.66. The summed E-state index contributed by atoms with van der Waals surface area (Å²) in [6.45, 7) is 0. The van der Waals surface area contributed by atoms with Crippen LogP contribution in [-0.4, -0.2) is 36.4 Å². The second-order valence-electron chi connectivity index (χ2n) is 4.46. The second kappa shape index (κ2) is 5.20. The van der Waals surface area contributed by atoms with Gasteiger partial charge in [0, 0.05) is 12.0 Å². The van der Waals surface area contributed by atoms with E-state index in [0.29, 0.717) is 0 Å². The summed E-state index contributed by atoms with van der Waals surface area (Å²) in [7, 11) is 1.19. The number of benzene rings is 1. The van der Waals surface area contributed by atoms with Crippen LogP contribution in [0.5, 0.6) is 17.2 Å². The maximum absolute atomic E-state index is 13.3. The molecule has 6 nitrogen and oxygen atoms in total. The molecule has 0 radical (unpaired) electrons. The Morgan fingerprint density at radius 2 is 1.91 bits per heavy atom. The van der Waals surface area contributed by atoms with Crippen molar-refractivity contribution in [3.8, 4) is 17.2 Å². The Hall–Kier alpha value is -2.23. The lowest BCUT2D eigenvalue weighted by molar-refractivity contribution is -0.391. The normalized spacial score (nSPS) is 19.4. The predicted octanol–water partition coefficient (Wildman–Crippen LogP) is 1.61. The van der Waals surface area contributed by atoms with Gasteiger partial charge in [-0.1, -0.05) is 0 Å². The third-order valence-corrected chi connectivity index (χ3v) is 2.95. The Kier molecular flexibility index (Phi) is 3.81. The van der Waals surface area contributed by atoms with Gasteiger partial charge in [-0.15, -0.1) is 0 Å². The largest absolute Gasteiger partial charge is 0.507 e. The molecule has 0 spiro atoms. The lowest BCUT2D eigenvalue weighted by atomic mass is 10.0. The molecule has 1 aromatic rings. The van der Waals surface area contributed by atoms with Crippen LogP contribution in [0, 0.1) is 0 Å². The van der Waals surface area contributed by atoms with Crippen molar-refractivity contribution in [2.24, 2.45) is 5.73 Å². The number of alkyl halides is 4. The summed E-state index contributed by atoms with van der Waals surface area (Å²) in [4.78, 5) is 10.8. The number of aliphatic carboxylic acids is 1. The fourth-order valence-electron chi connectivity index (χ4n) is 1.86. The zero-order valence-electron chi connectivity index (χ0n) is 11.1. The average Bonchev–Trinajstić information content (AvgIpc) is 2.40. The van der Waals surface area contributed by atoms with Gasteiger partial charge in [0.1, 0.15) is 11.8 Å². The maximum atomic E-state index is 13.3. The molecular formula is C12H11F4NO5. The first-order chi connectivity index (χ1) is 10.1. The Morgan fingerprint density at radius 3 is 2.45 bits per heavy atom. The topological polar surface area (TPSA) is 91.0 Å². The molecule has 0 amide bonds. The van der Waals surface area contributed by atoms with Crippen LogP contribution >= 0.6 is 0 Å². The summed E-state index contributed by atoms with van der Waals surface area (Å²) >= 11 is 0. The van der Waals surface area contributed by atoms with E-state index in [1.165, 1.54) is 7.11 Å². The standard InChI is InChI=1S/C12H11F4NO5/c1-20-7-2-3-8-9(5(7)4-6(17)10(18)19)22-12(15,16)11(13,14)21-8/h2-3,6H,4,17H2,1H3,(H,18,19). The SMILES string of the molecule is COc1ccc2c(c1CC(N)C(=O)O)OC(F)(F)C(F)(F)O2. The molecule has 0 aromatic heterocycles. The third kappa shape index (κ3) is 2.61. The second-order valence-corrected chi connectivity index (χ2v) is 4.46. The molecule has 1 atom stereocenters. The Bertz CT molecular complexity index is 607. The van der Waals surface area contributed by atoms with E-state index in [4.69, 9.17) is 15.6 Å². The molecule has 0 fully saturated rings. The van der Waals surface area contributed by atoms with Crippen LogP contribution in [0.1, 0.15) is 5.56 Å². The highest BCUT2D eigenvalue weighted by molar-refractivity contribution is 5.74. The fourth-order valence-corrected chi connectivity index (χ4v) is 1.86. The molecule has 1 aliphatic rings. The van der Waals surface area contributed by atoms with Gasteiger partial charge in [-0.05, 0) is 12.1 Å². The lowest BCUT2D eigenvalue weighted by Crippen LogP contribution is -2.52. The Morgan fingerprint density at radius 1 is 1.32 bits per heavy atom. The molecule has 0 bridgehead atoms. The lowest BCUT2D eigenvalue weighted by Gasteiger charge is -2.33. The minimum atomic E-state index is -4.92. The molecule has 22 heavy (non-hydrogen) atoms. The number of ether oxygens (including phenoxy) is 3. The molecule has 1 heterocycles. The van der Waals surface area contributed by atoms with Gasteiger partial charge < -0.3 is 25.1 Å². The minimum Gasteiger partial charge on any atom is -0.496 e. The highest BCUT2D eigenvalue weighted by Crippen LogP contribution is 2.50. The van der Waals surface area contributed by atoms with Crippen molar-refractivity contribution in [3.05, 3.63) is 17.7 Å². The molecule has 0 saturated carbocycles. The summed E-state index contributed by atoms with van der Waals surface area (Å²) < 4.78 is 65.7. The van der Waals surface area contributed by atoms with Crippen LogP contribution in [0.3, 0.4) is 0 Å². The van der Waals surface area contributed by atoms with Crippen molar-refractivity contribution in [1.29, 1.82) is 0 Å². The van der Waals surface area contributed by atoms with Crippen molar-refractivity contribution in [2.45, 2.75) is 24.7 Å². The van der Waals surface area contributed by atoms with E-state index in [9.17, 15) is 22.4 Å². The number of carboxylic acid groups (broad SMARTS) is 1. The Balaban J connectivity index is 2.52. The molecule has 0 saturated heterocycles. The highest BCUT2D eigenvalue weighted by atomic mass is 19.3. The molecule has 0 aliphatic carbocycles. The van der Waals surface area contributed by atoms with E-state index in [1.54, 1.807) is 0 Å². The number of carboxylic acids is 1. The summed E-state index contributed by atoms with van der Waals surface area (Å²) in [5.74, 6) is -2.84. The zero-order chi connectivity index (χ0) is 16.7. The van der Waals surface area contributed by atoms with E-state index in [2.05, 4.69) is 9.47 Å². The van der Waals surface area contributed by atoms with E-state index in [0.717, 1.165) is 12.1 Å². The number of methoxy groups -OCH3 is 1. The van der Waals surface area contributed by atoms with Gasteiger partial charge in [-0.3, -0.25) is 4.79 Å². The van der Waals surface area contributed by atoms with Crippen LogP contribution < -0.4 is 19.9 Å². The van der Waals surface area contributed by atoms with Crippen LogP contribution in [-0.2, 0) is 11.2 Å². The predicted molar refractivity (Wildman–Crippen MR) is 63.5 cm³/mol. The summed E-state index contributed by atoms with van der Waals surface area (Å²) in [5.41, 5.74) is 5.14. The minimum absolute atomic E-state index is 0.0416. The van der Waals surface area contributed by atoms with Crippen molar-refractivity contribution in [3.63, 3.8) is 0 Å². The number of fused-ring (bicyclic) bond motifs is 1. The van der Waals surface area contributed by atoms with Crippen molar-refractivity contribution >= 4 is 5.97 Å². The van der Waals surface area contributed by atoms with Crippen LogP contribution in [0.25, 0.3) is 0 Å². The summed E-state index contributed by atoms with van der Waals surface area (Å²) in [5, 5.41) is 8.79. The van der Waals surface area contributed by atoms with Gasteiger partial charge in [-0.2, -0.15) is 17.6 Å². The maximum Gasteiger partial charge on any atom is 0.507 e. The molecule has 1 unspecified atom stereocenters. The molecule has 122 valence electrons. The van der Waals surface area contributed by atoms with E-state index < -0.39 is 42.1 Å². The average molecular weight is 325 g/mol. The van der Waals surface area contributed by atoms with Gasteiger partial charge >= 0.3 is 18.2 Å². The molecule has 3 N–H and O–H groups in total. The molecule has 10 heteroatoms. The number of nitrogens with two attached hydrogens (primary N) is 1. The fraction of sp³-hybridized carbons (Fsp3) is 0.417. The number of hydrogen-bond acceptors (Lipinski definition) is 5. The van der Waals surface area contributed by atoms with Gasteiger partial charge in [-0.25, -0.2) is 0 Å². The van der Waals surface area contributed by atoms with Gasteiger partial charge in [0.25, 0.3) is 0 Å². The molecular weight excluding hydrogens is 314 g/mol. The molecule has 1 aromatic carbocycles. The monoisotopic (exact) mass is 325 g/mol. The first-order valence-electron chi connectivity index (χ1n) is 5.91. The van der Waals surface area contributed by atoms with Crippen molar-refractivity contribution < 1.29 is 41.7 Å². The van der Waals surface area contributed by atoms with Crippen molar-refractivity contribution in [2.75, 3.05) is 7.11 Å². The summed E-state index contributed by atoms with van der Waals surface area (Å²) in [6.07, 6.45) is -10.3. The van der Waals surface area contributed by atoms with E-state index in [-0.39, 0.29) is 11.3 Å². The van der Waals surface area contributed by atoms with E-state index in [1.807, 2.05) is 0 Å². The van der Waals surface area contributed by atoms with Gasteiger partial charge in [0.05, 0.1) is 7.11 Å². The van der Waals surface area contributed by atoms with Crippen LogP contribution in [0.2, 0.25) is 0 Å². The first kappa shape index (κ1) is 16.1. The third-order valence-electron chi connectivity index (χ3n) is 2.95. The number of hydrogen-bond donors (Lipinski definition) is 2. The van der Waals surface area contributed by atoms with E-state index >= 15 is 0 Å². The Labute approximate surface area is 121 Å². The van der Waals surface area contributed by atoms with Gasteiger partial charge in [0.2, 0.25) is 0 Å². The number of carbonyl (C=O) groups is 1. The first-order valence-corrected chi connectivity index (χ1v) is 5.91. The van der Waals surface area contributed by atoms with Crippen molar-refractivity contribution in [1.82, 2.24) is 0 Å². The van der Waals surface area contributed by atoms with Crippen LogP contribution in [0.15, 0.2) is 12.1 Å². The molecule has 2 rings (SSSR count). The van der Waals surface area contributed by atoms with Crippen LogP contribution in [0.4, 0.5) is 17.6 Å². The molecule has 1 aliphatic heterocycles. The summed E-state index contributed by atoms with van der Waals surface area (Å²) in [6, 6.07) is 0.638. The number of rotatable bonds is 4. The quantitative estimate of drug-likeness (QED) is 0.817. The van der Waals surface area contributed by atoms with Gasteiger partial charge in [0.15, 0.2) is 11.5 Å².